The van der Waals surface area contributed by atoms with Crippen LogP contribution < -0.4 is 29.6 Å². The minimum Gasteiger partial charge on any atom is -0.596 e. The first-order chi connectivity index (χ1) is 27.4. The molecule has 1 radical (unpaired) electrons. The zero-order valence-electron chi connectivity index (χ0n) is 36.2. The third-order valence-electron chi connectivity index (χ3n) is 10.6. The van der Waals surface area contributed by atoms with E-state index in [9.17, 15) is 0 Å². The second-order valence-corrected chi connectivity index (χ2v) is 26.3. The molecule has 60 heavy (non-hydrogen) atoms. The maximum absolute atomic E-state index is 7.06. The van der Waals surface area contributed by atoms with Crippen LogP contribution in [-0.4, -0.2) is 26.2 Å². The van der Waals surface area contributed by atoms with Crippen molar-refractivity contribution in [2.24, 2.45) is 0 Å². The number of benzene rings is 6. The van der Waals surface area contributed by atoms with Crippen molar-refractivity contribution in [1.82, 2.24) is 0 Å². The summed E-state index contributed by atoms with van der Waals surface area (Å²) in [6.45, 7) is 18.3. The maximum Gasteiger partial charge on any atom is 2.00 e. The molecule has 0 fully saturated rings. The van der Waals surface area contributed by atoms with E-state index in [1.165, 1.54) is 42.3 Å². The molecule has 0 saturated heterocycles. The zero-order valence-corrected chi connectivity index (χ0v) is 43.4. The van der Waals surface area contributed by atoms with Crippen LogP contribution in [0.1, 0.15) is 41.5 Å². The first kappa shape index (κ1) is 50.6. The van der Waals surface area contributed by atoms with Gasteiger partial charge in [0.2, 0.25) is 0 Å². The summed E-state index contributed by atoms with van der Waals surface area (Å²) < 4.78 is 14.1. The van der Waals surface area contributed by atoms with Crippen LogP contribution in [0.4, 0.5) is 0 Å². The van der Waals surface area contributed by atoms with Crippen molar-refractivity contribution in [2.45, 2.75) is 64.7 Å². The van der Waals surface area contributed by atoms with E-state index >= 15 is 0 Å². The Balaban J connectivity index is 0.000000287. The molecular formula is C52H59Cl2O2Si3Zr. The smallest absolute Gasteiger partial charge is 0.596 e. The summed E-state index contributed by atoms with van der Waals surface area (Å²) in [7, 11) is -4.36. The van der Waals surface area contributed by atoms with Crippen molar-refractivity contribution >= 4 is 93.3 Å². The van der Waals surface area contributed by atoms with Gasteiger partial charge in [0.25, 0.3) is 0 Å². The molecule has 8 heteroatoms. The van der Waals surface area contributed by atoms with Crippen molar-refractivity contribution in [1.29, 1.82) is 0 Å². The second kappa shape index (κ2) is 22.4. The van der Waals surface area contributed by atoms with Gasteiger partial charge in [-0.05, 0) is 42.3 Å². The minimum absolute atomic E-state index is 0. The van der Waals surface area contributed by atoms with E-state index in [0.717, 1.165) is 21.0 Å². The van der Waals surface area contributed by atoms with Gasteiger partial charge in [-0.1, -0.05) is 200 Å². The number of hydrogen-bond acceptors (Lipinski definition) is 2. The summed E-state index contributed by atoms with van der Waals surface area (Å²) in [5, 5.41) is 10.1. The quantitative estimate of drug-likeness (QED) is 0.112. The fraction of sp³-hybridized carbons (Fsp3) is 0.192. The SMILES string of the molecule is CC(C)(C)[Si](O[c-]1cc2ccccc2c1)(c1ccccc1)c1ccccc1.CC(C)(C)[Si](O[c-]1cc2ccccc2c1)(c1ccccc1)c1ccccc1.C[SiH]C.Cl.Cl.[Zr+2]. The molecule has 8 aromatic carbocycles. The van der Waals surface area contributed by atoms with Crippen LogP contribution in [0.3, 0.4) is 0 Å². The summed E-state index contributed by atoms with van der Waals surface area (Å²) in [5.74, 6) is 1.93. The first-order valence-corrected chi connectivity index (χ1v) is 26.2. The fourth-order valence-electron chi connectivity index (χ4n) is 8.01. The largest absolute Gasteiger partial charge is 2.00 e. The Morgan fingerprint density at radius 1 is 0.367 bits per heavy atom. The van der Waals surface area contributed by atoms with Crippen molar-refractivity contribution in [3.8, 4) is 11.5 Å². The average molecular weight is 962 g/mol. The topological polar surface area (TPSA) is 18.5 Å². The second-order valence-electron chi connectivity index (χ2n) is 16.7. The van der Waals surface area contributed by atoms with Gasteiger partial charge >= 0.3 is 42.8 Å². The van der Waals surface area contributed by atoms with Crippen molar-refractivity contribution in [3.05, 3.63) is 194 Å². The number of halogens is 2. The Labute approximate surface area is 395 Å². The molecule has 0 N–H and O–H groups in total. The van der Waals surface area contributed by atoms with Crippen molar-refractivity contribution < 1.29 is 35.1 Å². The minimum atomic E-state index is -2.55. The molecular weight excluding hydrogens is 903 g/mol. The van der Waals surface area contributed by atoms with Crippen molar-refractivity contribution in [2.75, 3.05) is 0 Å². The monoisotopic (exact) mass is 959 g/mol. The summed E-state index contributed by atoms with van der Waals surface area (Å²) in [4.78, 5) is 0. The van der Waals surface area contributed by atoms with Crippen molar-refractivity contribution in [3.63, 3.8) is 0 Å². The summed E-state index contributed by atoms with van der Waals surface area (Å²) in [5.41, 5.74) is 0. The molecule has 0 aliphatic rings. The van der Waals surface area contributed by atoms with Gasteiger partial charge in [-0.3, -0.25) is 0 Å². The van der Waals surface area contributed by atoms with Crippen LogP contribution in [0.5, 0.6) is 11.5 Å². The Bertz CT molecular complexity index is 2120. The van der Waals surface area contributed by atoms with E-state index in [1.54, 1.807) is 0 Å². The molecule has 309 valence electrons. The van der Waals surface area contributed by atoms with Crippen LogP contribution >= 0.6 is 24.8 Å². The maximum atomic E-state index is 7.06. The van der Waals surface area contributed by atoms with Gasteiger partial charge in [0.1, 0.15) is 0 Å². The summed E-state index contributed by atoms with van der Waals surface area (Å²) in [6.07, 6.45) is 0. The average Bonchev–Trinajstić information content (AvgIpc) is 3.83. The Kier molecular flexibility index (Phi) is 18.9. The molecule has 0 aromatic heterocycles. The van der Waals surface area contributed by atoms with Gasteiger partial charge in [-0.15, -0.1) is 73.3 Å². The molecule has 0 spiro atoms. The molecule has 8 rings (SSSR count). The van der Waals surface area contributed by atoms with Gasteiger partial charge in [0.05, 0.1) is 0 Å². The molecule has 0 amide bonds. The third kappa shape index (κ3) is 11.0. The molecule has 0 unspecified atom stereocenters. The van der Waals surface area contributed by atoms with Crippen LogP contribution in [0, 0.1) is 0 Å². The van der Waals surface area contributed by atoms with E-state index in [-0.39, 0.29) is 61.1 Å². The van der Waals surface area contributed by atoms with Gasteiger partial charge in [0.15, 0.2) is 0 Å². The van der Waals surface area contributed by atoms with Gasteiger partial charge in [-0.25, -0.2) is 0 Å². The first-order valence-electron chi connectivity index (χ1n) is 20.1. The molecule has 0 aliphatic heterocycles. The molecule has 0 bridgehead atoms. The normalized spacial score (nSPS) is 11.3. The van der Waals surface area contributed by atoms with E-state index in [2.05, 4.69) is 249 Å². The molecule has 8 aromatic rings. The van der Waals surface area contributed by atoms with Gasteiger partial charge < -0.3 is 8.85 Å². The van der Waals surface area contributed by atoms with Crippen LogP contribution in [-0.2, 0) is 26.2 Å². The van der Waals surface area contributed by atoms with E-state index in [4.69, 9.17) is 8.85 Å². The molecule has 0 aliphatic carbocycles. The standard InChI is InChI=1S/2C25H25OSi.C2H7Si.2ClH.Zr/c2*1-25(2,3)27(23-14-6-4-7-15-23,24-16-8-5-9-17-24)26-22-18-20-12-10-11-13-21(20)19-22;1-3-2;;;/h2*4-19H,1-3H3;3H,1-2H3;2*1H;/q2*-1;;;;+2. The summed E-state index contributed by atoms with van der Waals surface area (Å²) in [6, 6.07) is 68.7. The van der Waals surface area contributed by atoms with Crippen LogP contribution in [0.2, 0.25) is 23.2 Å². The van der Waals surface area contributed by atoms with Gasteiger partial charge in [-0.2, -0.15) is 21.5 Å². The van der Waals surface area contributed by atoms with Crippen LogP contribution in [0.15, 0.2) is 194 Å². The predicted molar refractivity (Wildman–Crippen MR) is 269 cm³/mol. The summed E-state index contributed by atoms with van der Waals surface area (Å²) >= 11 is 0. The van der Waals surface area contributed by atoms with E-state index in [0.29, 0.717) is 0 Å². The Morgan fingerprint density at radius 3 is 0.733 bits per heavy atom. The zero-order chi connectivity index (χ0) is 40.5. The molecule has 0 saturated carbocycles. The number of hydrogen-bond donors (Lipinski definition) is 0. The van der Waals surface area contributed by atoms with Gasteiger partial charge in [0, 0.05) is 9.52 Å². The molecule has 2 nitrogen and oxygen atoms in total. The molecule has 0 heterocycles. The van der Waals surface area contributed by atoms with E-state index in [1.807, 2.05) is 0 Å². The Morgan fingerprint density at radius 2 is 0.550 bits per heavy atom. The third-order valence-corrected chi connectivity index (χ3v) is 20.5. The number of rotatable bonds is 8. The predicted octanol–water partition coefficient (Wildman–Crippen LogP) is 12.4. The molecule has 0 atom stereocenters. The fourth-order valence-corrected chi connectivity index (χ4v) is 16.8. The number of fused-ring (bicyclic) bond motifs is 2. The Hall–Kier alpha value is -3.75. The van der Waals surface area contributed by atoms with Crippen LogP contribution in [0.25, 0.3) is 21.5 Å². The van der Waals surface area contributed by atoms with E-state index < -0.39 is 16.6 Å².